The molecule has 1 aliphatic heterocycles. The van der Waals surface area contributed by atoms with Crippen LogP contribution in [0.3, 0.4) is 0 Å². The highest BCUT2D eigenvalue weighted by atomic mass is 16.4. The fourth-order valence-corrected chi connectivity index (χ4v) is 5.45. The third-order valence-corrected chi connectivity index (χ3v) is 8.42. The number of Topliss-reactive ketones (excluding diaryl/α,β-unsaturated/α-hetero) is 1. The number of hydrogen-bond donors (Lipinski definition) is 3. The summed E-state index contributed by atoms with van der Waals surface area (Å²) in [6.07, 6.45) is -0.0379. The molecule has 1 saturated heterocycles. The van der Waals surface area contributed by atoms with E-state index in [9.17, 15) is 34.2 Å². The fraction of sp³-hybridized carbons (Fsp3) is 0.515. The highest BCUT2D eigenvalue weighted by molar-refractivity contribution is 5.88. The van der Waals surface area contributed by atoms with Gasteiger partial charge in [-0.05, 0) is 38.2 Å². The van der Waals surface area contributed by atoms with Gasteiger partial charge >= 0.3 is 11.9 Å². The molecule has 3 N–H and O–H groups in total. The zero-order valence-electron chi connectivity index (χ0n) is 27.2. The third kappa shape index (κ3) is 10.4. The summed E-state index contributed by atoms with van der Waals surface area (Å²) in [5.41, 5.74) is 1.23. The lowest BCUT2D eigenvalue weighted by Crippen LogP contribution is -2.49. The van der Waals surface area contributed by atoms with Gasteiger partial charge in [-0.3, -0.25) is 38.7 Å². The lowest BCUT2D eigenvalue weighted by molar-refractivity contribution is -0.143. The van der Waals surface area contributed by atoms with Crippen LogP contribution >= 0.6 is 0 Å². The molecule has 3 heterocycles. The minimum absolute atomic E-state index is 0.0359. The number of likely N-dealkylation sites (N-methyl/N-ethyl adjacent to an activating group) is 1. The molecule has 0 spiro atoms. The van der Waals surface area contributed by atoms with Crippen LogP contribution in [0.1, 0.15) is 26.0 Å². The first-order chi connectivity index (χ1) is 22.4. The number of ketones is 1. The predicted octanol–water partition coefficient (Wildman–Crippen LogP) is 0.962. The van der Waals surface area contributed by atoms with E-state index in [-0.39, 0.29) is 42.3 Å². The molecule has 4 rings (SSSR count). The molecule has 2 aromatic heterocycles. The van der Waals surface area contributed by atoms with Crippen LogP contribution in [-0.2, 0) is 25.7 Å². The molecule has 0 aliphatic carbocycles. The normalized spacial score (nSPS) is 17.9. The molecule has 2 atom stereocenters. The number of hydrogen-bond acceptors (Lipinski definition) is 11. The molecule has 0 radical (unpaired) electrons. The van der Waals surface area contributed by atoms with E-state index in [1.807, 2.05) is 16.8 Å². The summed E-state index contributed by atoms with van der Waals surface area (Å²) in [7, 11) is 1.96. The van der Waals surface area contributed by atoms with Crippen molar-refractivity contribution in [3.8, 4) is 0 Å². The second-order valence-corrected chi connectivity index (χ2v) is 12.3. The monoisotopic (exact) mass is 652 g/mol. The molecule has 0 unspecified atom stereocenters. The van der Waals surface area contributed by atoms with Gasteiger partial charge in [0.2, 0.25) is 17.0 Å². The summed E-state index contributed by atoms with van der Waals surface area (Å²) in [5, 5.41) is 21.9. The first kappa shape index (κ1) is 35.6. The second-order valence-electron chi connectivity index (χ2n) is 12.3. The Hall–Kier alpha value is -4.24. The molecule has 1 aliphatic rings. The van der Waals surface area contributed by atoms with E-state index in [1.54, 1.807) is 36.4 Å². The lowest BCUT2D eigenvalue weighted by Gasteiger charge is -2.33. The van der Waals surface area contributed by atoms with Crippen molar-refractivity contribution in [3.63, 3.8) is 0 Å². The Morgan fingerprint density at radius 2 is 1.45 bits per heavy atom. The number of aliphatic carboxylic acids is 2. The smallest absolute Gasteiger partial charge is 0.325 e. The van der Waals surface area contributed by atoms with Crippen molar-refractivity contribution in [1.29, 1.82) is 0 Å². The number of fused-ring (bicyclic) bond motifs is 2. The fourth-order valence-electron chi connectivity index (χ4n) is 5.45. The van der Waals surface area contributed by atoms with Crippen molar-refractivity contribution in [2.24, 2.45) is 5.92 Å². The third-order valence-electron chi connectivity index (χ3n) is 8.42. The van der Waals surface area contributed by atoms with Crippen LogP contribution in [-0.4, -0.2) is 137 Å². The summed E-state index contributed by atoms with van der Waals surface area (Å²) in [4.78, 5) is 74.1. The van der Waals surface area contributed by atoms with Crippen molar-refractivity contribution in [2.45, 2.75) is 32.9 Å². The van der Waals surface area contributed by atoms with Crippen LogP contribution in [0.2, 0.25) is 0 Å². The standard InChI is InChI=1S/C33H44N6O8/c1-22(32(43)44)18-25(40)20-38-12-10-36(3)11-13-39(21-29(41)34-23(2)33(45)46)17-15-37(14-16-38)19-24-8-9-27-30(42)26-6-4-5-7-28(26)47-31(27)35-24/h4-9,22-23H,10-21H2,1-3H3,(H,34,41)(H,43,44)(H,45,46)/t22-,23+/m1/s1. The average Bonchev–Trinajstić information content (AvgIpc) is 3.02. The summed E-state index contributed by atoms with van der Waals surface area (Å²) in [5.74, 6) is -3.37. The van der Waals surface area contributed by atoms with Crippen molar-refractivity contribution in [1.82, 2.24) is 29.9 Å². The molecular weight excluding hydrogens is 608 g/mol. The van der Waals surface area contributed by atoms with Crippen LogP contribution in [0.25, 0.3) is 22.1 Å². The van der Waals surface area contributed by atoms with Crippen molar-refractivity contribution in [3.05, 3.63) is 52.3 Å². The van der Waals surface area contributed by atoms with E-state index < -0.39 is 23.9 Å². The van der Waals surface area contributed by atoms with Gasteiger partial charge in [-0.1, -0.05) is 19.1 Å². The number of nitrogens with zero attached hydrogens (tertiary/aromatic N) is 5. The second kappa shape index (κ2) is 16.5. The number of carbonyl (C=O) groups is 4. The van der Waals surface area contributed by atoms with Crippen LogP contribution < -0.4 is 10.7 Å². The molecule has 14 nitrogen and oxygen atoms in total. The molecule has 3 aromatic rings. The van der Waals surface area contributed by atoms with E-state index in [2.05, 4.69) is 20.1 Å². The van der Waals surface area contributed by atoms with Gasteiger partial charge in [-0.25, -0.2) is 4.98 Å². The Bertz CT molecular complexity index is 1590. The van der Waals surface area contributed by atoms with Crippen LogP contribution in [0.5, 0.6) is 0 Å². The maximum atomic E-state index is 13.0. The number of carboxylic acids is 2. The number of para-hydroxylation sites is 1. The van der Waals surface area contributed by atoms with Crippen LogP contribution in [0, 0.1) is 5.92 Å². The van der Waals surface area contributed by atoms with Crippen LogP contribution in [0.15, 0.2) is 45.6 Å². The minimum atomic E-state index is -1.11. The number of rotatable bonds is 11. The molecule has 254 valence electrons. The Labute approximate surface area is 272 Å². The van der Waals surface area contributed by atoms with E-state index in [4.69, 9.17) is 4.42 Å². The summed E-state index contributed by atoms with van der Waals surface area (Å²) < 4.78 is 5.98. The largest absolute Gasteiger partial charge is 0.481 e. The summed E-state index contributed by atoms with van der Waals surface area (Å²) in [6.45, 7) is 8.07. The average molecular weight is 653 g/mol. The SMILES string of the molecule is C[C@H](CC(=O)CN1CCN(C)CCN(CC(=O)N[C@@H](C)C(=O)O)CCN(Cc2ccc3c(=O)c4ccccc4oc3n2)CC1)C(=O)O. The quantitative estimate of drug-likeness (QED) is 0.250. The van der Waals surface area contributed by atoms with E-state index in [1.165, 1.54) is 13.8 Å². The number of nitrogens with one attached hydrogen (secondary N) is 1. The number of benzene rings is 1. The van der Waals surface area contributed by atoms with Crippen molar-refractivity contribution >= 4 is 45.7 Å². The Kier molecular flexibility index (Phi) is 12.5. The number of aromatic nitrogens is 1. The van der Waals surface area contributed by atoms with Gasteiger partial charge in [-0.15, -0.1) is 0 Å². The molecule has 1 fully saturated rings. The van der Waals surface area contributed by atoms with Gasteiger partial charge < -0.3 is 24.8 Å². The number of carbonyl (C=O) groups excluding carboxylic acids is 2. The van der Waals surface area contributed by atoms with E-state index in [0.29, 0.717) is 81.0 Å². The maximum absolute atomic E-state index is 13.0. The minimum Gasteiger partial charge on any atom is -0.481 e. The van der Waals surface area contributed by atoms with Gasteiger partial charge in [-0.2, -0.15) is 0 Å². The van der Waals surface area contributed by atoms with Gasteiger partial charge in [0.15, 0.2) is 0 Å². The molecule has 47 heavy (non-hydrogen) atoms. The molecule has 14 heteroatoms. The van der Waals surface area contributed by atoms with Crippen molar-refractivity contribution < 1.29 is 33.8 Å². The number of amides is 1. The first-order valence-electron chi connectivity index (χ1n) is 15.8. The maximum Gasteiger partial charge on any atom is 0.325 e. The van der Waals surface area contributed by atoms with E-state index >= 15 is 0 Å². The zero-order valence-corrected chi connectivity index (χ0v) is 27.2. The van der Waals surface area contributed by atoms with Gasteiger partial charge in [0, 0.05) is 65.3 Å². The van der Waals surface area contributed by atoms with Gasteiger partial charge in [0.25, 0.3) is 0 Å². The number of carboxylic acid groups (broad SMARTS) is 2. The Balaban J connectivity index is 1.54. The molecule has 0 bridgehead atoms. The lowest BCUT2D eigenvalue weighted by atomic mass is 10.0. The van der Waals surface area contributed by atoms with Crippen LogP contribution in [0.4, 0.5) is 0 Å². The predicted molar refractivity (Wildman–Crippen MR) is 175 cm³/mol. The highest BCUT2D eigenvalue weighted by Gasteiger charge is 2.22. The molecular formula is C33H44N6O8. The summed E-state index contributed by atoms with van der Waals surface area (Å²) >= 11 is 0. The summed E-state index contributed by atoms with van der Waals surface area (Å²) in [6, 6.07) is 9.54. The zero-order chi connectivity index (χ0) is 34.1. The Morgan fingerprint density at radius 3 is 2.11 bits per heavy atom. The van der Waals surface area contributed by atoms with Gasteiger partial charge in [0.05, 0.1) is 35.5 Å². The van der Waals surface area contributed by atoms with Crippen molar-refractivity contribution in [2.75, 3.05) is 72.5 Å². The topological polar surface area (TPSA) is 177 Å². The highest BCUT2D eigenvalue weighted by Crippen LogP contribution is 2.18. The molecule has 0 saturated carbocycles. The molecule has 1 aromatic carbocycles. The van der Waals surface area contributed by atoms with E-state index in [0.717, 1.165) is 0 Å². The number of pyridine rings is 1. The molecule has 1 amide bonds. The Morgan fingerprint density at radius 1 is 0.830 bits per heavy atom. The van der Waals surface area contributed by atoms with Gasteiger partial charge in [0.1, 0.15) is 17.4 Å². The first-order valence-corrected chi connectivity index (χ1v) is 15.8.